The van der Waals surface area contributed by atoms with E-state index in [-0.39, 0.29) is 34.9 Å². The fourth-order valence-corrected chi connectivity index (χ4v) is 2.50. The van der Waals surface area contributed by atoms with Gasteiger partial charge >= 0.3 is 5.69 Å². The van der Waals surface area contributed by atoms with Crippen molar-refractivity contribution < 1.29 is 18.4 Å². The number of rotatable bonds is 5. The molecule has 0 aliphatic carbocycles. The predicted octanol–water partition coefficient (Wildman–Crippen LogP) is 4.61. The van der Waals surface area contributed by atoms with Crippen LogP contribution in [0.2, 0.25) is 5.02 Å². The SMILES string of the molecule is CCOc1cc2ncnc(Nc3ccc(F)c(Cl)c3F)c2cc1[N+](=O)[O-]. The lowest BCUT2D eigenvalue weighted by atomic mass is 10.2. The van der Waals surface area contributed by atoms with Gasteiger partial charge < -0.3 is 10.1 Å². The smallest absolute Gasteiger partial charge is 0.311 e. The number of anilines is 2. The average molecular weight is 381 g/mol. The second kappa shape index (κ2) is 7.04. The Labute approximate surface area is 150 Å². The van der Waals surface area contributed by atoms with Gasteiger partial charge in [-0.25, -0.2) is 18.7 Å². The molecule has 1 N–H and O–H groups in total. The molecule has 0 bridgehead atoms. The van der Waals surface area contributed by atoms with Crippen molar-refractivity contribution in [2.24, 2.45) is 0 Å². The van der Waals surface area contributed by atoms with Crippen LogP contribution in [0.3, 0.4) is 0 Å². The van der Waals surface area contributed by atoms with Gasteiger partial charge in [0.1, 0.15) is 23.0 Å². The van der Waals surface area contributed by atoms with Crippen molar-refractivity contribution in [1.82, 2.24) is 9.97 Å². The molecule has 0 unspecified atom stereocenters. The van der Waals surface area contributed by atoms with Crippen molar-refractivity contribution in [3.63, 3.8) is 0 Å². The van der Waals surface area contributed by atoms with E-state index in [1.807, 2.05) is 0 Å². The van der Waals surface area contributed by atoms with E-state index in [4.69, 9.17) is 16.3 Å². The van der Waals surface area contributed by atoms with Gasteiger partial charge in [-0.05, 0) is 19.1 Å². The predicted molar refractivity (Wildman–Crippen MR) is 92.0 cm³/mol. The van der Waals surface area contributed by atoms with Crippen molar-refractivity contribution in [2.75, 3.05) is 11.9 Å². The molecule has 134 valence electrons. The molecule has 0 atom stereocenters. The minimum Gasteiger partial charge on any atom is -0.487 e. The van der Waals surface area contributed by atoms with E-state index in [1.165, 1.54) is 18.5 Å². The maximum atomic E-state index is 14.1. The molecule has 1 heterocycles. The molecule has 0 fully saturated rings. The molecule has 7 nitrogen and oxygen atoms in total. The third-order valence-corrected chi connectivity index (χ3v) is 3.85. The number of nitro groups is 1. The van der Waals surface area contributed by atoms with Gasteiger partial charge in [0.15, 0.2) is 11.6 Å². The lowest BCUT2D eigenvalue weighted by molar-refractivity contribution is -0.385. The topological polar surface area (TPSA) is 90.2 Å². The average Bonchev–Trinajstić information content (AvgIpc) is 2.62. The zero-order valence-corrected chi connectivity index (χ0v) is 14.1. The van der Waals surface area contributed by atoms with Gasteiger partial charge in [0.2, 0.25) is 0 Å². The van der Waals surface area contributed by atoms with Crippen LogP contribution in [0.15, 0.2) is 30.6 Å². The van der Waals surface area contributed by atoms with Gasteiger partial charge in [-0.3, -0.25) is 10.1 Å². The summed E-state index contributed by atoms with van der Waals surface area (Å²) in [5.41, 5.74) is -0.0621. The Morgan fingerprint density at radius 2 is 2.08 bits per heavy atom. The number of nitro benzene ring substituents is 1. The maximum absolute atomic E-state index is 14.1. The first kappa shape index (κ1) is 17.7. The van der Waals surface area contributed by atoms with E-state index < -0.39 is 21.6 Å². The van der Waals surface area contributed by atoms with Gasteiger partial charge in [-0.2, -0.15) is 0 Å². The van der Waals surface area contributed by atoms with Gasteiger partial charge in [0, 0.05) is 12.1 Å². The number of fused-ring (bicyclic) bond motifs is 1. The molecule has 0 amide bonds. The van der Waals surface area contributed by atoms with Crippen molar-refractivity contribution >= 4 is 39.7 Å². The van der Waals surface area contributed by atoms with E-state index in [0.29, 0.717) is 5.52 Å². The number of hydrogen-bond acceptors (Lipinski definition) is 6. The summed E-state index contributed by atoms with van der Waals surface area (Å²) < 4.78 is 32.7. The van der Waals surface area contributed by atoms with Crippen LogP contribution in [-0.2, 0) is 0 Å². The summed E-state index contributed by atoms with van der Waals surface area (Å²) in [6.45, 7) is 1.93. The Balaban J connectivity index is 2.14. The van der Waals surface area contributed by atoms with Crippen molar-refractivity contribution in [1.29, 1.82) is 0 Å². The molecule has 26 heavy (non-hydrogen) atoms. The van der Waals surface area contributed by atoms with Crippen molar-refractivity contribution in [2.45, 2.75) is 6.92 Å². The monoisotopic (exact) mass is 380 g/mol. The minimum absolute atomic E-state index is 0.0608. The third kappa shape index (κ3) is 3.21. The molecule has 1 aromatic heterocycles. The fourth-order valence-electron chi connectivity index (χ4n) is 2.34. The van der Waals surface area contributed by atoms with E-state index >= 15 is 0 Å². The molecule has 2 aromatic carbocycles. The summed E-state index contributed by atoms with van der Waals surface area (Å²) in [5.74, 6) is -1.74. The van der Waals surface area contributed by atoms with Crippen LogP contribution in [0.25, 0.3) is 10.9 Å². The summed E-state index contributed by atoms with van der Waals surface area (Å²) in [7, 11) is 0. The number of nitrogens with one attached hydrogen (secondary N) is 1. The van der Waals surface area contributed by atoms with E-state index in [0.717, 1.165) is 12.1 Å². The molecule has 10 heteroatoms. The first-order valence-electron chi connectivity index (χ1n) is 7.38. The first-order chi connectivity index (χ1) is 12.4. The van der Waals surface area contributed by atoms with Crippen LogP contribution in [0.4, 0.5) is 26.0 Å². The number of halogens is 3. The molecule has 3 aromatic rings. The van der Waals surface area contributed by atoms with Crippen LogP contribution in [0.5, 0.6) is 5.75 Å². The van der Waals surface area contributed by atoms with E-state index in [9.17, 15) is 18.9 Å². The molecule has 0 saturated heterocycles. The minimum atomic E-state index is -1.00. The zero-order valence-electron chi connectivity index (χ0n) is 13.3. The molecule has 0 aliphatic rings. The third-order valence-electron chi connectivity index (χ3n) is 3.50. The van der Waals surface area contributed by atoms with Crippen LogP contribution in [-0.4, -0.2) is 21.5 Å². The number of benzene rings is 2. The lowest BCUT2D eigenvalue weighted by Gasteiger charge is -2.11. The molecule has 3 rings (SSSR count). The van der Waals surface area contributed by atoms with Gasteiger partial charge in [-0.1, -0.05) is 11.6 Å². The van der Waals surface area contributed by atoms with Crippen LogP contribution in [0, 0.1) is 21.7 Å². The fraction of sp³-hybridized carbons (Fsp3) is 0.125. The van der Waals surface area contributed by atoms with E-state index in [1.54, 1.807) is 6.92 Å². The molecule has 0 saturated carbocycles. The number of hydrogen-bond donors (Lipinski definition) is 1. The Morgan fingerprint density at radius 1 is 1.31 bits per heavy atom. The Morgan fingerprint density at radius 3 is 2.77 bits per heavy atom. The summed E-state index contributed by atoms with van der Waals surface area (Å²) in [5, 5.41) is 13.5. The highest BCUT2D eigenvalue weighted by Crippen LogP contribution is 2.35. The lowest BCUT2D eigenvalue weighted by Crippen LogP contribution is -2.02. The van der Waals surface area contributed by atoms with Crippen LogP contribution < -0.4 is 10.1 Å². The standard InChI is InChI=1S/C16H11ClF2N4O3/c1-2-26-13-6-11-8(5-12(13)23(24)25)16(21-7-20-11)22-10-4-3-9(18)14(17)15(10)19/h3-7H,2H2,1H3,(H,20,21,22). The van der Waals surface area contributed by atoms with E-state index in [2.05, 4.69) is 15.3 Å². The molecule has 0 radical (unpaired) electrons. The summed E-state index contributed by atoms with van der Waals surface area (Å²) in [6.07, 6.45) is 1.20. The van der Waals surface area contributed by atoms with Gasteiger partial charge in [-0.15, -0.1) is 0 Å². The second-order valence-corrected chi connectivity index (χ2v) is 5.48. The Hall–Kier alpha value is -3.07. The quantitative estimate of drug-likeness (QED) is 0.395. The summed E-state index contributed by atoms with van der Waals surface area (Å²) in [4.78, 5) is 18.7. The maximum Gasteiger partial charge on any atom is 0.311 e. The van der Waals surface area contributed by atoms with Crippen molar-refractivity contribution in [3.05, 3.63) is 57.4 Å². The second-order valence-electron chi connectivity index (χ2n) is 5.10. The highest BCUT2D eigenvalue weighted by Gasteiger charge is 2.20. The van der Waals surface area contributed by atoms with Gasteiger partial charge in [0.25, 0.3) is 0 Å². The molecule has 0 spiro atoms. The van der Waals surface area contributed by atoms with Gasteiger partial charge in [0.05, 0.1) is 28.1 Å². The van der Waals surface area contributed by atoms with Crippen molar-refractivity contribution in [3.8, 4) is 5.75 Å². The highest BCUT2D eigenvalue weighted by atomic mass is 35.5. The number of nitrogens with zero attached hydrogens (tertiary/aromatic N) is 3. The first-order valence-corrected chi connectivity index (χ1v) is 7.76. The summed E-state index contributed by atoms with van der Waals surface area (Å²) in [6, 6.07) is 4.77. The number of aromatic nitrogens is 2. The number of ether oxygens (including phenoxy) is 1. The normalized spacial score (nSPS) is 10.8. The highest BCUT2D eigenvalue weighted by molar-refractivity contribution is 6.31. The molecule has 0 aliphatic heterocycles. The summed E-state index contributed by atoms with van der Waals surface area (Å²) >= 11 is 5.56. The van der Waals surface area contributed by atoms with Crippen LogP contribution >= 0.6 is 11.6 Å². The Bertz CT molecular complexity index is 1020. The molecular formula is C16H11ClF2N4O3. The Kier molecular flexibility index (Phi) is 4.81. The zero-order chi connectivity index (χ0) is 18.8. The molecular weight excluding hydrogens is 370 g/mol. The van der Waals surface area contributed by atoms with Crippen LogP contribution in [0.1, 0.15) is 6.92 Å². The largest absolute Gasteiger partial charge is 0.487 e.